The van der Waals surface area contributed by atoms with E-state index in [4.69, 9.17) is 0 Å². The van der Waals surface area contributed by atoms with E-state index in [9.17, 15) is 9.59 Å². The molecule has 0 spiro atoms. The zero-order chi connectivity index (χ0) is 11.3. The summed E-state index contributed by atoms with van der Waals surface area (Å²) >= 11 is 2.14. The Balaban J connectivity index is 2.48. The molecule has 1 aromatic rings. The maximum Gasteiger partial charge on any atom is 0.337 e. The molecule has 0 unspecified atom stereocenters. The number of carbonyl (C=O) groups is 2. The number of anilines is 1. The molecule has 0 saturated carbocycles. The molecule has 0 aliphatic heterocycles. The highest BCUT2D eigenvalue weighted by Crippen LogP contribution is 2.11. The van der Waals surface area contributed by atoms with Gasteiger partial charge in [0, 0.05) is 16.2 Å². The average Bonchev–Trinajstić information content (AvgIpc) is 2.15. The molecular weight excluding hydrogens is 309 g/mol. The summed E-state index contributed by atoms with van der Waals surface area (Å²) in [5.74, 6) is -0.326. The Morgan fingerprint density at radius 2 is 2.00 bits per heavy atom. The van der Waals surface area contributed by atoms with Crippen molar-refractivity contribution in [1.82, 2.24) is 10.9 Å². The lowest BCUT2D eigenvalue weighted by atomic mass is 10.3. The Labute approximate surface area is 101 Å². The van der Waals surface area contributed by atoms with Crippen molar-refractivity contribution in [3.63, 3.8) is 0 Å². The van der Waals surface area contributed by atoms with Crippen LogP contribution in [0, 0.1) is 3.57 Å². The molecule has 0 aromatic heterocycles. The topological polar surface area (TPSA) is 70.2 Å². The number of nitrogens with one attached hydrogen (secondary N) is 3. The summed E-state index contributed by atoms with van der Waals surface area (Å²) in [6.07, 6.45) is 0. The number of urea groups is 1. The second kappa shape index (κ2) is 5.54. The highest BCUT2D eigenvalue weighted by atomic mass is 127. The van der Waals surface area contributed by atoms with E-state index in [0.29, 0.717) is 5.69 Å². The number of carbonyl (C=O) groups excluding carboxylic acids is 2. The van der Waals surface area contributed by atoms with Crippen molar-refractivity contribution in [2.24, 2.45) is 0 Å². The Morgan fingerprint density at radius 1 is 1.27 bits per heavy atom. The van der Waals surface area contributed by atoms with E-state index < -0.39 is 6.03 Å². The van der Waals surface area contributed by atoms with Crippen LogP contribution in [0.4, 0.5) is 10.5 Å². The highest BCUT2D eigenvalue weighted by molar-refractivity contribution is 14.1. The highest BCUT2D eigenvalue weighted by Gasteiger charge is 2.01. The first-order valence-corrected chi connectivity index (χ1v) is 5.25. The Hall–Kier alpha value is -1.31. The number of hydrogen-bond donors (Lipinski definition) is 3. The molecule has 1 aromatic carbocycles. The predicted octanol–water partition coefficient (Wildman–Crippen LogP) is 1.46. The standard InChI is InChI=1S/C9H10IN3O2/c1-6(14)12-13-9(15)11-8-4-2-3-7(10)5-8/h2-5H,1H3,(H,12,14)(H2,11,13,15). The molecular formula is C9H10IN3O2. The summed E-state index contributed by atoms with van der Waals surface area (Å²) in [6.45, 7) is 1.31. The first kappa shape index (κ1) is 11.8. The van der Waals surface area contributed by atoms with E-state index in [1.165, 1.54) is 6.92 Å². The van der Waals surface area contributed by atoms with Crippen LogP contribution >= 0.6 is 22.6 Å². The van der Waals surface area contributed by atoms with Crippen LogP contribution in [0.5, 0.6) is 0 Å². The van der Waals surface area contributed by atoms with Crippen molar-refractivity contribution in [2.75, 3.05) is 5.32 Å². The van der Waals surface area contributed by atoms with E-state index in [0.717, 1.165) is 3.57 Å². The van der Waals surface area contributed by atoms with Crippen molar-refractivity contribution in [1.29, 1.82) is 0 Å². The lowest BCUT2D eigenvalue weighted by Gasteiger charge is -2.07. The van der Waals surface area contributed by atoms with Gasteiger partial charge in [0.25, 0.3) is 0 Å². The lowest BCUT2D eigenvalue weighted by molar-refractivity contribution is -0.119. The Kier molecular flexibility index (Phi) is 4.35. The molecule has 3 amide bonds. The fourth-order valence-corrected chi connectivity index (χ4v) is 1.42. The second-order valence-electron chi connectivity index (χ2n) is 2.77. The third-order valence-corrected chi connectivity index (χ3v) is 2.11. The number of hydrogen-bond acceptors (Lipinski definition) is 2. The van der Waals surface area contributed by atoms with Gasteiger partial charge in [0.2, 0.25) is 5.91 Å². The van der Waals surface area contributed by atoms with Gasteiger partial charge >= 0.3 is 6.03 Å². The van der Waals surface area contributed by atoms with Gasteiger partial charge in [-0.15, -0.1) is 0 Å². The van der Waals surface area contributed by atoms with Crippen molar-refractivity contribution < 1.29 is 9.59 Å². The van der Waals surface area contributed by atoms with Crippen molar-refractivity contribution in [2.45, 2.75) is 6.92 Å². The molecule has 0 heterocycles. The predicted molar refractivity (Wildman–Crippen MR) is 65.1 cm³/mol. The minimum atomic E-state index is -0.479. The van der Waals surface area contributed by atoms with Crippen LogP contribution < -0.4 is 16.2 Å². The first-order chi connectivity index (χ1) is 7.08. The SMILES string of the molecule is CC(=O)NNC(=O)Nc1cccc(I)c1. The zero-order valence-corrected chi connectivity index (χ0v) is 10.2. The number of hydrazine groups is 1. The van der Waals surface area contributed by atoms with Gasteiger partial charge in [0.15, 0.2) is 0 Å². The normalized spacial score (nSPS) is 9.20. The summed E-state index contributed by atoms with van der Waals surface area (Å²) in [5.41, 5.74) is 5.05. The molecule has 3 N–H and O–H groups in total. The number of halogens is 1. The molecule has 0 bridgehead atoms. The maximum absolute atomic E-state index is 11.2. The van der Waals surface area contributed by atoms with Crippen LogP contribution in [0.25, 0.3) is 0 Å². The fourth-order valence-electron chi connectivity index (χ4n) is 0.873. The number of rotatable bonds is 1. The molecule has 0 fully saturated rings. The quantitative estimate of drug-likeness (QED) is 0.542. The van der Waals surface area contributed by atoms with Crippen molar-refractivity contribution in [3.8, 4) is 0 Å². The smallest absolute Gasteiger partial charge is 0.307 e. The summed E-state index contributed by atoms with van der Waals surface area (Å²) in [7, 11) is 0. The summed E-state index contributed by atoms with van der Waals surface area (Å²) in [6, 6.07) is 6.84. The molecule has 6 heteroatoms. The van der Waals surface area contributed by atoms with Crippen molar-refractivity contribution >= 4 is 40.2 Å². The molecule has 0 aliphatic rings. The molecule has 0 aliphatic carbocycles. The minimum Gasteiger partial charge on any atom is -0.307 e. The molecule has 0 saturated heterocycles. The van der Waals surface area contributed by atoms with Gasteiger partial charge in [-0.3, -0.25) is 10.2 Å². The van der Waals surface area contributed by atoms with E-state index in [-0.39, 0.29) is 5.91 Å². The third kappa shape index (κ3) is 4.63. The third-order valence-electron chi connectivity index (χ3n) is 1.43. The van der Waals surface area contributed by atoms with E-state index in [1.54, 1.807) is 6.07 Å². The van der Waals surface area contributed by atoms with Crippen LogP contribution in [0.1, 0.15) is 6.92 Å². The largest absolute Gasteiger partial charge is 0.337 e. The summed E-state index contributed by atoms with van der Waals surface area (Å²) in [4.78, 5) is 21.7. The Morgan fingerprint density at radius 3 is 2.60 bits per heavy atom. The second-order valence-corrected chi connectivity index (χ2v) is 4.02. The molecule has 1 rings (SSSR count). The van der Waals surface area contributed by atoms with Gasteiger partial charge in [-0.2, -0.15) is 0 Å². The van der Waals surface area contributed by atoms with Gasteiger partial charge in [-0.1, -0.05) is 6.07 Å². The zero-order valence-electron chi connectivity index (χ0n) is 8.00. The van der Waals surface area contributed by atoms with Gasteiger partial charge < -0.3 is 5.32 Å². The molecule has 0 radical (unpaired) electrons. The van der Waals surface area contributed by atoms with E-state index in [1.807, 2.05) is 18.2 Å². The van der Waals surface area contributed by atoms with Gasteiger partial charge in [-0.05, 0) is 40.8 Å². The van der Waals surface area contributed by atoms with Crippen LogP contribution in [-0.2, 0) is 4.79 Å². The molecule has 80 valence electrons. The summed E-state index contributed by atoms with van der Waals surface area (Å²) < 4.78 is 1.02. The lowest BCUT2D eigenvalue weighted by Crippen LogP contribution is -2.42. The van der Waals surface area contributed by atoms with Crippen LogP contribution in [0.15, 0.2) is 24.3 Å². The summed E-state index contributed by atoms with van der Waals surface area (Å²) in [5, 5.41) is 2.57. The van der Waals surface area contributed by atoms with Crippen LogP contribution in [0.2, 0.25) is 0 Å². The van der Waals surface area contributed by atoms with Gasteiger partial charge in [0.1, 0.15) is 0 Å². The Bertz CT molecular complexity index is 381. The van der Waals surface area contributed by atoms with Gasteiger partial charge in [0.05, 0.1) is 0 Å². The number of amides is 3. The first-order valence-electron chi connectivity index (χ1n) is 4.17. The van der Waals surface area contributed by atoms with Crippen LogP contribution in [0.3, 0.4) is 0 Å². The van der Waals surface area contributed by atoms with E-state index >= 15 is 0 Å². The monoisotopic (exact) mass is 319 g/mol. The number of benzene rings is 1. The average molecular weight is 319 g/mol. The molecule has 5 nitrogen and oxygen atoms in total. The van der Waals surface area contributed by atoms with Gasteiger partial charge in [-0.25, -0.2) is 10.2 Å². The van der Waals surface area contributed by atoms with E-state index in [2.05, 4.69) is 38.8 Å². The van der Waals surface area contributed by atoms with Crippen LogP contribution in [-0.4, -0.2) is 11.9 Å². The van der Waals surface area contributed by atoms with Crippen molar-refractivity contribution in [3.05, 3.63) is 27.8 Å². The fraction of sp³-hybridized carbons (Fsp3) is 0.111. The molecule has 15 heavy (non-hydrogen) atoms. The molecule has 0 atom stereocenters. The minimum absolute atomic E-state index is 0.326. The maximum atomic E-state index is 11.2.